The van der Waals surface area contributed by atoms with E-state index in [1.54, 1.807) is 35.8 Å². The van der Waals surface area contributed by atoms with Gasteiger partial charge >= 0.3 is 0 Å². The zero-order valence-corrected chi connectivity index (χ0v) is 17.6. The van der Waals surface area contributed by atoms with Gasteiger partial charge in [-0.3, -0.25) is 19.0 Å². The van der Waals surface area contributed by atoms with Crippen LogP contribution in [0.1, 0.15) is 50.7 Å². The molecule has 1 N–H and O–H groups in total. The van der Waals surface area contributed by atoms with Crippen molar-refractivity contribution in [2.45, 2.75) is 39.2 Å². The molecule has 3 aromatic rings. The fourth-order valence-electron chi connectivity index (χ4n) is 4.31. The van der Waals surface area contributed by atoms with Crippen LogP contribution >= 0.6 is 11.3 Å². The van der Waals surface area contributed by atoms with E-state index in [1.165, 1.54) is 11.3 Å². The molecule has 154 valence electrons. The minimum Gasteiger partial charge on any atom is -0.339 e. The van der Waals surface area contributed by atoms with Crippen molar-refractivity contribution in [3.8, 4) is 0 Å². The first-order valence-corrected chi connectivity index (χ1v) is 11.1. The Morgan fingerprint density at radius 2 is 1.93 bits per heavy atom. The Morgan fingerprint density at radius 1 is 1.13 bits per heavy atom. The quantitative estimate of drug-likeness (QED) is 0.703. The average molecular weight is 423 g/mol. The molecule has 2 aliphatic rings. The molecule has 0 saturated carbocycles. The number of aryl methyl sites for hydroxylation is 2. The van der Waals surface area contributed by atoms with Gasteiger partial charge < -0.3 is 10.2 Å². The summed E-state index contributed by atoms with van der Waals surface area (Å²) in [6.07, 6.45) is 3.79. The molecule has 2 amide bonds. The average Bonchev–Trinajstić information content (AvgIpc) is 3.48. The van der Waals surface area contributed by atoms with Crippen molar-refractivity contribution in [1.29, 1.82) is 0 Å². The molecule has 8 heteroatoms. The van der Waals surface area contributed by atoms with E-state index in [1.807, 2.05) is 4.90 Å². The zero-order chi connectivity index (χ0) is 20.8. The molecule has 2 aromatic heterocycles. The molecule has 0 radical (unpaired) electrons. The van der Waals surface area contributed by atoms with Crippen molar-refractivity contribution < 1.29 is 9.59 Å². The smallest absolute Gasteiger partial charge is 0.266 e. The number of carbonyl (C=O) groups is 2. The van der Waals surface area contributed by atoms with Crippen LogP contribution in [0.5, 0.6) is 0 Å². The van der Waals surface area contributed by atoms with Gasteiger partial charge in [-0.25, -0.2) is 4.98 Å². The maximum atomic E-state index is 13.0. The SMILES string of the molecule is Cc1c(C(=O)Nc2cccc(C(=O)N3CCCC3)c2)sc2nc3n(c(=O)c12)CCC3. The van der Waals surface area contributed by atoms with Crippen molar-refractivity contribution in [2.24, 2.45) is 0 Å². The number of fused-ring (bicyclic) bond motifs is 2. The van der Waals surface area contributed by atoms with Crippen LogP contribution in [0.25, 0.3) is 10.2 Å². The number of carbonyl (C=O) groups excluding carboxylic acids is 2. The van der Waals surface area contributed by atoms with Crippen LogP contribution in [0.3, 0.4) is 0 Å². The van der Waals surface area contributed by atoms with Crippen molar-refractivity contribution in [2.75, 3.05) is 18.4 Å². The van der Waals surface area contributed by atoms with Gasteiger partial charge in [-0.05, 0) is 49.9 Å². The number of amides is 2. The molecule has 0 aliphatic carbocycles. The van der Waals surface area contributed by atoms with Gasteiger partial charge in [0.15, 0.2) is 0 Å². The molecule has 2 aliphatic heterocycles. The highest BCUT2D eigenvalue weighted by molar-refractivity contribution is 7.20. The van der Waals surface area contributed by atoms with E-state index < -0.39 is 0 Å². The lowest BCUT2D eigenvalue weighted by Gasteiger charge is -2.15. The number of likely N-dealkylation sites (tertiary alicyclic amines) is 1. The highest BCUT2D eigenvalue weighted by Gasteiger charge is 2.24. The Kier molecular flexibility index (Phi) is 4.66. The second-order valence-electron chi connectivity index (χ2n) is 7.86. The Morgan fingerprint density at radius 3 is 2.73 bits per heavy atom. The van der Waals surface area contributed by atoms with Gasteiger partial charge in [0.05, 0.1) is 10.3 Å². The second kappa shape index (κ2) is 7.36. The molecular weight excluding hydrogens is 400 g/mol. The summed E-state index contributed by atoms with van der Waals surface area (Å²) in [5.74, 6) is 0.507. The fraction of sp³-hybridized carbons (Fsp3) is 0.364. The topological polar surface area (TPSA) is 84.3 Å². The number of thiophene rings is 1. The van der Waals surface area contributed by atoms with E-state index in [0.717, 1.165) is 44.6 Å². The van der Waals surface area contributed by atoms with Crippen molar-refractivity contribution in [1.82, 2.24) is 14.5 Å². The minimum atomic E-state index is -0.286. The Hall–Kier alpha value is -3.00. The van der Waals surface area contributed by atoms with E-state index in [4.69, 9.17) is 0 Å². The third kappa shape index (κ3) is 3.11. The molecule has 0 unspecified atom stereocenters. The largest absolute Gasteiger partial charge is 0.339 e. The maximum absolute atomic E-state index is 13.0. The third-order valence-electron chi connectivity index (χ3n) is 5.88. The molecular formula is C22H22N4O3S. The number of aromatic nitrogens is 2. The molecule has 1 saturated heterocycles. The standard InChI is InChI=1S/C22H22N4O3S/c1-13-17-20(24-16-8-5-11-26(16)22(17)29)30-18(13)19(27)23-15-7-4-6-14(12-15)21(28)25-9-2-3-10-25/h4,6-7,12H,2-3,5,8-11H2,1H3,(H,23,27). The normalized spacial score (nSPS) is 15.6. The molecule has 4 heterocycles. The fourth-order valence-corrected chi connectivity index (χ4v) is 5.40. The summed E-state index contributed by atoms with van der Waals surface area (Å²) in [6.45, 7) is 4.05. The van der Waals surface area contributed by atoms with Crippen molar-refractivity contribution in [3.63, 3.8) is 0 Å². The van der Waals surface area contributed by atoms with Crippen molar-refractivity contribution >= 4 is 39.1 Å². The molecule has 7 nitrogen and oxygen atoms in total. The van der Waals surface area contributed by atoms with Crippen LogP contribution in [0.4, 0.5) is 5.69 Å². The lowest BCUT2D eigenvalue weighted by Crippen LogP contribution is -2.27. The lowest BCUT2D eigenvalue weighted by atomic mass is 10.1. The first-order valence-electron chi connectivity index (χ1n) is 10.3. The van der Waals surface area contributed by atoms with E-state index in [0.29, 0.717) is 38.5 Å². The summed E-state index contributed by atoms with van der Waals surface area (Å²) in [5, 5.41) is 3.42. The van der Waals surface area contributed by atoms with Gasteiger partial charge in [0.2, 0.25) is 0 Å². The summed E-state index contributed by atoms with van der Waals surface area (Å²) in [4.78, 5) is 46.0. The van der Waals surface area contributed by atoms with Crippen LogP contribution in [-0.4, -0.2) is 39.4 Å². The van der Waals surface area contributed by atoms with Crippen LogP contribution < -0.4 is 10.9 Å². The van der Waals surface area contributed by atoms with E-state index in [9.17, 15) is 14.4 Å². The Balaban J connectivity index is 1.43. The van der Waals surface area contributed by atoms with E-state index in [2.05, 4.69) is 10.3 Å². The molecule has 1 aromatic carbocycles. The number of nitrogens with zero attached hydrogens (tertiary/aromatic N) is 3. The van der Waals surface area contributed by atoms with E-state index >= 15 is 0 Å². The highest BCUT2D eigenvalue weighted by atomic mass is 32.1. The lowest BCUT2D eigenvalue weighted by molar-refractivity contribution is 0.0792. The Labute approximate surface area is 177 Å². The van der Waals surface area contributed by atoms with Gasteiger partial charge in [-0.2, -0.15) is 0 Å². The predicted molar refractivity (Wildman–Crippen MR) is 116 cm³/mol. The number of nitrogens with one attached hydrogen (secondary N) is 1. The van der Waals surface area contributed by atoms with Crippen LogP contribution in [0, 0.1) is 6.92 Å². The number of rotatable bonds is 3. The zero-order valence-electron chi connectivity index (χ0n) is 16.7. The number of hydrogen-bond acceptors (Lipinski definition) is 5. The second-order valence-corrected chi connectivity index (χ2v) is 8.86. The third-order valence-corrected chi connectivity index (χ3v) is 7.06. The first kappa shape index (κ1) is 19.0. The van der Waals surface area contributed by atoms with Gasteiger partial charge in [0.1, 0.15) is 10.7 Å². The number of hydrogen-bond donors (Lipinski definition) is 1. The molecule has 0 spiro atoms. The predicted octanol–water partition coefficient (Wildman–Crippen LogP) is 3.20. The van der Waals surface area contributed by atoms with Gasteiger partial charge in [0.25, 0.3) is 17.4 Å². The molecule has 0 bridgehead atoms. The van der Waals surface area contributed by atoms with E-state index in [-0.39, 0.29) is 17.4 Å². The number of anilines is 1. The summed E-state index contributed by atoms with van der Waals surface area (Å²) in [7, 11) is 0. The van der Waals surface area contributed by atoms with Crippen molar-refractivity contribution in [3.05, 3.63) is 56.4 Å². The summed E-state index contributed by atoms with van der Waals surface area (Å²) in [6, 6.07) is 7.02. The molecule has 1 fully saturated rings. The summed E-state index contributed by atoms with van der Waals surface area (Å²) in [5.41, 5.74) is 1.74. The number of benzene rings is 1. The summed E-state index contributed by atoms with van der Waals surface area (Å²) >= 11 is 1.25. The van der Waals surface area contributed by atoms with Gasteiger partial charge in [-0.15, -0.1) is 11.3 Å². The molecule has 30 heavy (non-hydrogen) atoms. The summed E-state index contributed by atoms with van der Waals surface area (Å²) < 4.78 is 1.72. The first-order chi connectivity index (χ1) is 14.5. The van der Waals surface area contributed by atoms with Gasteiger partial charge in [-0.1, -0.05) is 6.07 Å². The van der Waals surface area contributed by atoms with Crippen LogP contribution in [0.2, 0.25) is 0 Å². The van der Waals surface area contributed by atoms with Crippen LogP contribution in [-0.2, 0) is 13.0 Å². The maximum Gasteiger partial charge on any atom is 0.266 e. The molecule has 0 atom stereocenters. The Bertz CT molecular complexity index is 1240. The van der Waals surface area contributed by atoms with Gasteiger partial charge in [0, 0.05) is 37.3 Å². The minimum absolute atomic E-state index is 0.00613. The highest BCUT2D eigenvalue weighted by Crippen LogP contribution is 2.29. The molecule has 5 rings (SSSR count). The van der Waals surface area contributed by atoms with Crippen LogP contribution in [0.15, 0.2) is 29.1 Å². The monoisotopic (exact) mass is 422 g/mol.